The highest BCUT2D eigenvalue weighted by molar-refractivity contribution is 7.89. The lowest BCUT2D eigenvalue weighted by molar-refractivity contribution is 0.101. The van der Waals surface area contributed by atoms with E-state index in [-0.39, 0.29) is 17.2 Å². The summed E-state index contributed by atoms with van der Waals surface area (Å²) in [5, 5.41) is 0.350. The highest BCUT2D eigenvalue weighted by Gasteiger charge is 2.22. The summed E-state index contributed by atoms with van der Waals surface area (Å²) in [6.07, 6.45) is 0. The SMILES string of the molecule is CCOc1ccc(C(C)=O)cc1CN(C)S(=O)(=O)c1cccc(Cl)c1. The number of Topliss-reactive ketones (excluding diaryl/α,β-unsaturated/α-hetero) is 1. The van der Waals surface area contributed by atoms with E-state index in [9.17, 15) is 13.2 Å². The van der Waals surface area contributed by atoms with Crippen molar-refractivity contribution in [3.05, 3.63) is 58.6 Å². The molecule has 0 aliphatic carbocycles. The molecule has 0 amide bonds. The highest BCUT2D eigenvalue weighted by Crippen LogP contribution is 2.25. The minimum atomic E-state index is -3.72. The molecule has 0 aromatic heterocycles. The summed E-state index contributed by atoms with van der Waals surface area (Å²) < 4.78 is 32.2. The van der Waals surface area contributed by atoms with Crippen LogP contribution in [0.25, 0.3) is 0 Å². The third-order valence-corrected chi connectivity index (χ3v) is 5.70. The molecule has 0 radical (unpaired) electrons. The topological polar surface area (TPSA) is 63.7 Å². The summed E-state index contributed by atoms with van der Waals surface area (Å²) >= 11 is 5.90. The van der Waals surface area contributed by atoms with E-state index < -0.39 is 10.0 Å². The molecule has 25 heavy (non-hydrogen) atoms. The summed E-state index contributed by atoms with van der Waals surface area (Å²) in [4.78, 5) is 11.7. The number of nitrogens with zero attached hydrogens (tertiary/aromatic N) is 1. The van der Waals surface area contributed by atoms with Crippen LogP contribution in [-0.2, 0) is 16.6 Å². The molecule has 0 heterocycles. The minimum Gasteiger partial charge on any atom is -0.494 e. The van der Waals surface area contributed by atoms with Crippen molar-refractivity contribution in [3.8, 4) is 5.75 Å². The van der Waals surface area contributed by atoms with Crippen LogP contribution in [0.15, 0.2) is 47.4 Å². The van der Waals surface area contributed by atoms with Crippen LogP contribution in [-0.4, -0.2) is 32.2 Å². The van der Waals surface area contributed by atoms with Crippen LogP contribution in [0.5, 0.6) is 5.75 Å². The maximum atomic E-state index is 12.7. The molecular weight excluding hydrogens is 362 g/mol. The van der Waals surface area contributed by atoms with Gasteiger partial charge in [-0.3, -0.25) is 4.79 Å². The van der Waals surface area contributed by atoms with Crippen molar-refractivity contribution >= 4 is 27.4 Å². The highest BCUT2D eigenvalue weighted by atomic mass is 35.5. The van der Waals surface area contributed by atoms with Crippen molar-refractivity contribution in [1.29, 1.82) is 0 Å². The second-order valence-electron chi connectivity index (χ2n) is 5.53. The van der Waals surface area contributed by atoms with Gasteiger partial charge in [0.05, 0.1) is 11.5 Å². The number of rotatable bonds is 7. The van der Waals surface area contributed by atoms with Crippen molar-refractivity contribution < 1.29 is 17.9 Å². The molecule has 0 unspecified atom stereocenters. The van der Waals surface area contributed by atoms with Gasteiger partial charge >= 0.3 is 0 Å². The number of ether oxygens (including phenoxy) is 1. The zero-order chi connectivity index (χ0) is 18.6. The van der Waals surface area contributed by atoms with Crippen LogP contribution in [0, 0.1) is 0 Å². The fraction of sp³-hybridized carbons (Fsp3) is 0.278. The van der Waals surface area contributed by atoms with E-state index in [2.05, 4.69) is 0 Å². The second kappa shape index (κ2) is 7.99. The molecule has 2 rings (SSSR count). The lowest BCUT2D eigenvalue weighted by atomic mass is 10.1. The van der Waals surface area contributed by atoms with Gasteiger partial charge in [-0.25, -0.2) is 8.42 Å². The number of carbonyl (C=O) groups is 1. The third-order valence-electron chi connectivity index (χ3n) is 3.66. The van der Waals surface area contributed by atoms with Gasteiger partial charge in [0.1, 0.15) is 5.75 Å². The minimum absolute atomic E-state index is 0.0747. The van der Waals surface area contributed by atoms with Gasteiger partial charge in [0.15, 0.2) is 5.78 Å². The Bertz CT molecular complexity index is 880. The van der Waals surface area contributed by atoms with Gasteiger partial charge in [0.25, 0.3) is 0 Å². The van der Waals surface area contributed by atoms with Gasteiger partial charge in [-0.15, -0.1) is 0 Å². The molecule has 0 fully saturated rings. The van der Waals surface area contributed by atoms with Crippen LogP contribution < -0.4 is 4.74 Å². The molecule has 7 heteroatoms. The Labute approximate surface area is 153 Å². The Morgan fingerprint density at radius 3 is 2.52 bits per heavy atom. The van der Waals surface area contributed by atoms with E-state index >= 15 is 0 Å². The van der Waals surface area contributed by atoms with Gasteiger partial charge < -0.3 is 4.74 Å². The number of hydrogen-bond donors (Lipinski definition) is 0. The average Bonchev–Trinajstić information content (AvgIpc) is 2.56. The first-order chi connectivity index (χ1) is 11.8. The molecule has 0 bridgehead atoms. The Morgan fingerprint density at radius 1 is 1.20 bits per heavy atom. The van der Waals surface area contributed by atoms with E-state index in [0.29, 0.717) is 28.5 Å². The summed E-state index contributed by atoms with van der Waals surface area (Å²) in [6.45, 7) is 3.82. The first kappa shape index (κ1) is 19.4. The van der Waals surface area contributed by atoms with E-state index in [1.807, 2.05) is 6.92 Å². The van der Waals surface area contributed by atoms with E-state index in [1.165, 1.54) is 30.4 Å². The summed E-state index contributed by atoms with van der Waals surface area (Å²) in [5.41, 5.74) is 1.13. The van der Waals surface area contributed by atoms with Crippen molar-refractivity contribution in [2.45, 2.75) is 25.3 Å². The maximum absolute atomic E-state index is 12.7. The van der Waals surface area contributed by atoms with Crippen LogP contribution in [0.1, 0.15) is 29.8 Å². The lowest BCUT2D eigenvalue weighted by Gasteiger charge is -2.19. The molecule has 134 valence electrons. The Balaban J connectivity index is 2.37. The van der Waals surface area contributed by atoms with E-state index in [0.717, 1.165) is 0 Å². The smallest absolute Gasteiger partial charge is 0.243 e. The molecule has 0 N–H and O–H groups in total. The number of ketones is 1. The molecule has 0 saturated carbocycles. The van der Waals surface area contributed by atoms with Gasteiger partial charge in [0.2, 0.25) is 10.0 Å². The molecule has 5 nitrogen and oxygen atoms in total. The largest absolute Gasteiger partial charge is 0.494 e. The summed E-state index contributed by atoms with van der Waals surface area (Å²) in [5.74, 6) is 0.463. The van der Waals surface area contributed by atoms with Gasteiger partial charge in [-0.2, -0.15) is 4.31 Å². The zero-order valence-electron chi connectivity index (χ0n) is 14.3. The average molecular weight is 382 g/mol. The Morgan fingerprint density at radius 2 is 1.92 bits per heavy atom. The lowest BCUT2D eigenvalue weighted by Crippen LogP contribution is -2.27. The molecule has 2 aromatic rings. The predicted molar refractivity (Wildman–Crippen MR) is 97.7 cm³/mol. The number of halogens is 1. The van der Waals surface area contributed by atoms with Gasteiger partial charge in [-0.1, -0.05) is 17.7 Å². The molecule has 0 spiro atoms. The van der Waals surface area contributed by atoms with Crippen LogP contribution in [0.3, 0.4) is 0 Å². The monoisotopic (exact) mass is 381 g/mol. The van der Waals surface area contributed by atoms with Crippen LogP contribution in [0.4, 0.5) is 0 Å². The van der Waals surface area contributed by atoms with E-state index in [1.54, 1.807) is 30.3 Å². The molecule has 0 saturated heterocycles. The third kappa shape index (κ3) is 4.60. The Kier molecular flexibility index (Phi) is 6.21. The predicted octanol–water partition coefficient (Wildman–Crippen LogP) is 3.76. The van der Waals surface area contributed by atoms with E-state index in [4.69, 9.17) is 16.3 Å². The number of hydrogen-bond acceptors (Lipinski definition) is 4. The fourth-order valence-corrected chi connectivity index (χ4v) is 3.80. The van der Waals surface area contributed by atoms with Crippen molar-refractivity contribution in [2.24, 2.45) is 0 Å². The van der Waals surface area contributed by atoms with Gasteiger partial charge in [-0.05, 0) is 50.2 Å². The van der Waals surface area contributed by atoms with Gasteiger partial charge in [0, 0.05) is 29.7 Å². The van der Waals surface area contributed by atoms with Crippen LogP contribution >= 0.6 is 11.6 Å². The zero-order valence-corrected chi connectivity index (χ0v) is 15.9. The Hall–Kier alpha value is -1.89. The first-order valence-electron chi connectivity index (χ1n) is 7.74. The normalized spacial score (nSPS) is 11.6. The maximum Gasteiger partial charge on any atom is 0.243 e. The summed E-state index contributed by atoms with van der Waals surface area (Å²) in [7, 11) is -2.24. The fourth-order valence-electron chi connectivity index (χ4n) is 2.35. The van der Waals surface area contributed by atoms with Crippen molar-refractivity contribution in [1.82, 2.24) is 4.31 Å². The molecule has 2 aromatic carbocycles. The number of carbonyl (C=O) groups excluding carboxylic acids is 1. The number of sulfonamides is 1. The molecular formula is C18H20ClNO4S. The van der Waals surface area contributed by atoms with Crippen molar-refractivity contribution in [3.63, 3.8) is 0 Å². The second-order valence-corrected chi connectivity index (χ2v) is 8.01. The molecule has 0 aliphatic heterocycles. The number of benzene rings is 2. The molecule has 0 aliphatic rings. The summed E-state index contributed by atoms with van der Waals surface area (Å²) in [6, 6.07) is 11.1. The van der Waals surface area contributed by atoms with Crippen LogP contribution in [0.2, 0.25) is 5.02 Å². The quantitative estimate of drug-likeness (QED) is 0.685. The van der Waals surface area contributed by atoms with Crippen molar-refractivity contribution in [2.75, 3.05) is 13.7 Å². The standard InChI is InChI=1S/C18H20ClNO4S/c1-4-24-18-9-8-14(13(2)21)10-15(18)12-20(3)25(22,23)17-7-5-6-16(19)11-17/h5-11H,4,12H2,1-3H3. The molecule has 0 atom stereocenters. The first-order valence-corrected chi connectivity index (χ1v) is 9.56.